The third-order valence-corrected chi connectivity index (χ3v) is 4.46. The predicted octanol–water partition coefficient (Wildman–Crippen LogP) is 1.82. The van der Waals surface area contributed by atoms with Gasteiger partial charge in [-0.15, -0.1) is 0 Å². The van der Waals surface area contributed by atoms with E-state index in [-0.39, 0.29) is 0 Å². The zero-order valence-corrected chi connectivity index (χ0v) is 12.9. The summed E-state index contributed by atoms with van der Waals surface area (Å²) < 4.78 is 0. The van der Waals surface area contributed by atoms with Crippen molar-refractivity contribution >= 4 is 16.9 Å². The van der Waals surface area contributed by atoms with Crippen molar-refractivity contribution in [2.24, 2.45) is 0 Å². The van der Waals surface area contributed by atoms with Crippen LogP contribution in [-0.2, 0) is 4.79 Å². The summed E-state index contributed by atoms with van der Waals surface area (Å²) in [7, 11) is 0. The van der Waals surface area contributed by atoms with Gasteiger partial charge in [-0.2, -0.15) is 5.26 Å². The van der Waals surface area contributed by atoms with Gasteiger partial charge in [0.2, 0.25) is 0 Å². The molecule has 120 valence electrons. The number of nitrogens with zero attached hydrogens (tertiary/aromatic N) is 3. The number of aromatic nitrogens is 1. The summed E-state index contributed by atoms with van der Waals surface area (Å²) >= 11 is 0. The van der Waals surface area contributed by atoms with Crippen LogP contribution in [0.5, 0.6) is 0 Å². The van der Waals surface area contributed by atoms with E-state index in [1.165, 1.54) is 0 Å². The van der Waals surface area contributed by atoms with E-state index >= 15 is 0 Å². The number of hydrogen-bond donors (Lipinski definition) is 2. The monoisotopic (exact) mass is 312 g/mol. The van der Waals surface area contributed by atoms with E-state index in [9.17, 15) is 9.90 Å². The first kappa shape index (κ1) is 15.5. The molecular formula is C17H20N4O2. The Hall–Kier alpha value is -2.36. The Kier molecular flexibility index (Phi) is 4.60. The second kappa shape index (κ2) is 6.82. The summed E-state index contributed by atoms with van der Waals surface area (Å²) in [5.41, 5.74) is 1.78. The maximum absolute atomic E-state index is 11.9. The minimum Gasteiger partial charge on any atom is -0.480 e. The third kappa shape index (κ3) is 3.21. The lowest BCUT2D eigenvalue weighted by Gasteiger charge is -2.37. The first-order valence-electron chi connectivity index (χ1n) is 7.83. The summed E-state index contributed by atoms with van der Waals surface area (Å²) in [5, 5.41) is 19.4. The summed E-state index contributed by atoms with van der Waals surface area (Å²) in [4.78, 5) is 19.3. The Balaban J connectivity index is 1.78. The van der Waals surface area contributed by atoms with Crippen molar-refractivity contribution in [1.29, 1.82) is 5.26 Å². The zero-order valence-electron chi connectivity index (χ0n) is 12.9. The number of benzene rings is 1. The van der Waals surface area contributed by atoms with Crippen LogP contribution in [0, 0.1) is 11.3 Å². The number of para-hydroxylation sites is 1. The second-order valence-electron chi connectivity index (χ2n) is 5.82. The fourth-order valence-electron chi connectivity index (χ4n) is 3.26. The highest BCUT2D eigenvalue weighted by Gasteiger charge is 2.31. The molecule has 6 nitrogen and oxygen atoms in total. The van der Waals surface area contributed by atoms with Crippen LogP contribution in [-0.4, -0.2) is 58.6 Å². The molecular weight excluding hydrogens is 292 g/mol. The standard InChI is InChI=1S/C17H20N4O2/c18-6-3-7-20-8-10-21(11-9-20)16(17(22)23)14-12-19-15-5-2-1-4-13(14)15/h1-2,4-5,12,16,19H,3,7-11H2,(H,22,23)/t16-/m0/s1. The topological polar surface area (TPSA) is 83.4 Å². The van der Waals surface area contributed by atoms with Crippen LogP contribution in [0.1, 0.15) is 18.0 Å². The highest BCUT2D eigenvalue weighted by molar-refractivity contribution is 5.89. The third-order valence-electron chi connectivity index (χ3n) is 4.46. The van der Waals surface area contributed by atoms with Gasteiger partial charge in [0, 0.05) is 61.8 Å². The second-order valence-corrected chi connectivity index (χ2v) is 5.82. The molecule has 1 aliphatic heterocycles. The van der Waals surface area contributed by atoms with Crippen LogP contribution >= 0.6 is 0 Å². The van der Waals surface area contributed by atoms with E-state index in [4.69, 9.17) is 5.26 Å². The summed E-state index contributed by atoms with van der Waals surface area (Å²) in [5.74, 6) is -0.819. The zero-order chi connectivity index (χ0) is 16.2. The lowest BCUT2D eigenvalue weighted by atomic mass is 10.0. The first-order chi connectivity index (χ1) is 11.2. The molecule has 0 spiro atoms. The number of aromatic amines is 1. The summed E-state index contributed by atoms with van der Waals surface area (Å²) in [6.07, 6.45) is 2.33. The number of piperazine rings is 1. The van der Waals surface area contributed by atoms with Gasteiger partial charge in [0.05, 0.1) is 6.07 Å². The number of H-pyrrole nitrogens is 1. The van der Waals surface area contributed by atoms with Crippen molar-refractivity contribution in [2.75, 3.05) is 32.7 Å². The summed E-state index contributed by atoms with van der Waals surface area (Å²) in [6, 6.07) is 9.30. The molecule has 0 amide bonds. The Morgan fingerprint density at radius 3 is 2.74 bits per heavy atom. The number of rotatable bonds is 5. The van der Waals surface area contributed by atoms with Crippen LogP contribution in [0.3, 0.4) is 0 Å². The molecule has 0 bridgehead atoms. The van der Waals surface area contributed by atoms with Crippen LogP contribution in [0.15, 0.2) is 30.5 Å². The molecule has 2 aromatic rings. The molecule has 6 heteroatoms. The molecule has 3 rings (SSSR count). The van der Waals surface area contributed by atoms with Gasteiger partial charge < -0.3 is 10.1 Å². The molecule has 23 heavy (non-hydrogen) atoms. The Morgan fingerprint density at radius 1 is 1.30 bits per heavy atom. The average molecular weight is 312 g/mol. The first-order valence-corrected chi connectivity index (χ1v) is 7.83. The maximum atomic E-state index is 11.9. The molecule has 1 aromatic heterocycles. The van der Waals surface area contributed by atoms with Gasteiger partial charge in [0.15, 0.2) is 0 Å². The number of nitriles is 1. The van der Waals surface area contributed by atoms with E-state index in [1.807, 2.05) is 35.4 Å². The fraction of sp³-hybridized carbons (Fsp3) is 0.412. The predicted molar refractivity (Wildman–Crippen MR) is 86.9 cm³/mol. The normalized spacial score (nSPS) is 17.9. The maximum Gasteiger partial charge on any atom is 0.325 e. The molecule has 0 aliphatic carbocycles. The quantitative estimate of drug-likeness (QED) is 0.880. The van der Waals surface area contributed by atoms with Crippen molar-refractivity contribution in [1.82, 2.24) is 14.8 Å². The minimum atomic E-state index is -0.819. The molecule has 2 heterocycles. The molecule has 1 saturated heterocycles. The van der Waals surface area contributed by atoms with E-state index in [2.05, 4.69) is 16.0 Å². The molecule has 2 N–H and O–H groups in total. The fourth-order valence-corrected chi connectivity index (χ4v) is 3.26. The van der Waals surface area contributed by atoms with Gasteiger partial charge in [-0.25, -0.2) is 0 Å². The number of carboxylic acids is 1. The SMILES string of the molecule is N#CCCN1CCN([C@H](C(=O)O)c2c[nH]c3ccccc23)CC1. The minimum absolute atomic E-state index is 0.519. The lowest BCUT2D eigenvalue weighted by Crippen LogP contribution is -2.49. The van der Waals surface area contributed by atoms with Crippen LogP contribution in [0.25, 0.3) is 10.9 Å². The number of nitrogens with one attached hydrogen (secondary N) is 1. The Labute approximate surface area is 134 Å². The van der Waals surface area contributed by atoms with Gasteiger partial charge in [-0.1, -0.05) is 18.2 Å². The van der Waals surface area contributed by atoms with Crippen molar-refractivity contribution in [3.05, 3.63) is 36.0 Å². The van der Waals surface area contributed by atoms with E-state index < -0.39 is 12.0 Å². The molecule has 0 saturated carbocycles. The lowest BCUT2D eigenvalue weighted by molar-refractivity contribution is -0.144. The molecule has 1 aromatic carbocycles. The van der Waals surface area contributed by atoms with Gasteiger partial charge >= 0.3 is 5.97 Å². The van der Waals surface area contributed by atoms with Gasteiger partial charge in [-0.3, -0.25) is 14.6 Å². The number of carboxylic acid groups (broad SMARTS) is 1. The summed E-state index contributed by atoms with van der Waals surface area (Å²) in [6.45, 7) is 3.75. The average Bonchev–Trinajstić information content (AvgIpc) is 2.98. The smallest absolute Gasteiger partial charge is 0.325 e. The number of hydrogen-bond acceptors (Lipinski definition) is 4. The van der Waals surface area contributed by atoms with Gasteiger partial charge in [0.25, 0.3) is 0 Å². The highest BCUT2D eigenvalue weighted by atomic mass is 16.4. The molecule has 1 fully saturated rings. The van der Waals surface area contributed by atoms with Crippen molar-refractivity contribution in [3.8, 4) is 6.07 Å². The largest absolute Gasteiger partial charge is 0.480 e. The van der Waals surface area contributed by atoms with Gasteiger partial charge in [0.1, 0.15) is 6.04 Å². The Morgan fingerprint density at radius 2 is 2.04 bits per heavy atom. The van der Waals surface area contributed by atoms with Gasteiger partial charge in [-0.05, 0) is 6.07 Å². The molecule has 1 atom stereocenters. The molecule has 0 radical (unpaired) electrons. The molecule has 1 aliphatic rings. The van der Waals surface area contributed by atoms with E-state index in [0.717, 1.165) is 36.1 Å². The molecule has 0 unspecified atom stereocenters. The van der Waals surface area contributed by atoms with Crippen molar-refractivity contribution in [3.63, 3.8) is 0 Å². The van der Waals surface area contributed by atoms with Crippen molar-refractivity contribution < 1.29 is 9.90 Å². The highest BCUT2D eigenvalue weighted by Crippen LogP contribution is 2.29. The van der Waals surface area contributed by atoms with E-state index in [0.29, 0.717) is 19.5 Å². The number of carbonyl (C=O) groups is 1. The van der Waals surface area contributed by atoms with E-state index in [1.54, 1.807) is 0 Å². The Bertz CT molecular complexity index is 726. The van der Waals surface area contributed by atoms with Crippen LogP contribution < -0.4 is 0 Å². The number of fused-ring (bicyclic) bond motifs is 1. The van der Waals surface area contributed by atoms with Crippen LogP contribution in [0.4, 0.5) is 0 Å². The number of aliphatic carboxylic acids is 1. The van der Waals surface area contributed by atoms with Crippen molar-refractivity contribution in [2.45, 2.75) is 12.5 Å². The van der Waals surface area contributed by atoms with Crippen LogP contribution in [0.2, 0.25) is 0 Å².